The van der Waals surface area contributed by atoms with Gasteiger partial charge in [0.2, 0.25) is 5.91 Å². The van der Waals surface area contributed by atoms with E-state index in [4.69, 9.17) is 9.47 Å². The van der Waals surface area contributed by atoms with Crippen LogP contribution in [0.2, 0.25) is 0 Å². The Labute approximate surface area is 223 Å². The van der Waals surface area contributed by atoms with E-state index in [9.17, 15) is 14.3 Å². The number of β-amino-alcohol motifs (C(OH)–C–C–N with tert-alkyl or cyclic N) is 1. The Morgan fingerprint density at radius 2 is 1.74 bits per heavy atom. The first-order chi connectivity index (χ1) is 18.2. The second kappa shape index (κ2) is 12.4. The zero-order chi connectivity index (χ0) is 27.1. The lowest BCUT2D eigenvalue weighted by molar-refractivity contribution is -0.132. The number of carbonyl (C=O) groups is 1. The highest BCUT2D eigenvalue weighted by atomic mass is 19.1. The van der Waals surface area contributed by atoms with Crippen molar-refractivity contribution in [1.82, 2.24) is 19.4 Å². The summed E-state index contributed by atoms with van der Waals surface area (Å²) in [5.41, 5.74) is -0.200. The van der Waals surface area contributed by atoms with Crippen LogP contribution < -0.4 is 9.47 Å². The van der Waals surface area contributed by atoms with Crippen LogP contribution in [0.1, 0.15) is 38.1 Å². The molecule has 2 aromatic carbocycles. The molecule has 1 aliphatic heterocycles. The Balaban J connectivity index is 1.34. The number of benzene rings is 2. The molecule has 8 nitrogen and oxygen atoms in total. The fourth-order valence-electron chi connectivity index (χ4n) is 4.71. The number of halogens is 1. The summed E-state index contributed by atoms with van der Waals surface area (Å²) < 4.78 is 27.1. The number of aromatic nitrogens is 2. The van der Waals surface area contributed by atoms with Gasteiger partial charge in [0.15, 0.2) is 0 Å². The number of aliphatic hydroxyl groups is 1. The van der Waals surface area contributed by atoms with Crippen molar-refractivity contribution in [1.29, 1.82) is 0 Å². The van der Waals surface area contributed by atoms with Crippen LogP contribution in [0.3, 0.4) is 0 Å². The fraction of sp³-hybridized carbons (Fsp3) is 0.448. The summed E-state index contributed by atoms with van der Waals surface area (Å²) in [6.07, 6.45) is 3.79. The molecule has 0 saturated carbocycles. The lowest BCUT2D eigenvalue weighted by atomic mass is 10.0. The highest BCUT2D eigenvalue weighted by molar-refractivity contribution is 5.73. The molecule has 2 heterocycles. The maximum Gasteiger partial charge on any atom is 0.219 e. The van der Waals surface area contributed by atoms with Crippen molar-refractivity contribution in [2.45, 2.75) is 45.4 Å². The predicted molar refractivity (Wildman–Crippen MR) is 143 cm³/mol. The summed E-state index contributed by atoms with van der Waals surface area (Å²) in [5, 5.41) is 11.4. The second-order valence-corrected chi connectivity index (χ2v) is 10.2. The summed E-state index contributed by atoms with van der Waals surface area (Å²) in [5.74, 6) is 2.22. The largest absolute Gasteiger partial charge is 0.492 e. The first kappa shape index (κ1) is 27.6. The average Bonchev–Trinajstić information content (AvgIpc) is 3.29. The summed E-state index contributed by atoms with van der Waals surface area (Å²) >= 11 is 0. The molecule has 0 unspecified atom stereocenters. The molecule has 0 aliphatic carbocycles. The first-order valence-corrected chi connectivity index (χ1v) is 13.0. The minimum atomic E-state index is -1.28. The molecule has 0 spiro atoms. The van der Waals surface area contributed by atoms with Crippen molar-refractivity contribution in [3.05, 3.63) is 78.1 Å². The molecular formula is C29H37FN4O4. The summed E-state index contributed by atoms with van der Waals surface area (Å²) in [4.78, 5) is 20.3. The van der Waals surface area contributed by atoms with E-state index in [0.29, 0.717) is 44.5 Å². The Hall–Kier alpha value is -3.43. The topological polar surface area (TPSA) is 80.1 Å². The van der Waals surface area contributed by atoms with Gasteiger partial charge in [0.1, 0.15) is 42.0 Å². The van der Waals surface area contributed by atoms with Gasteiger partial charge in [0.05, 0.1) is 13.1 Å². The normalized spacial score (nSPS) is 18.4. The van der Waals surface area contributed by atoms with E-state index < -0.39 is 5.60 Å². The summed E-state index contributed by atoms with van der Waals surface area (Å²) in [6.45, 7) is 9.27. The standard InChI is InChI=1S/C29H37FN4O4/c1-22(2)28-31-12-13-33(28)16-17-37-26-8-4-24(5-9-26)18-32-14-15-34(23(3)35)20-29(36,19-32)21-38-27-10-6-25(30)7-11-27/h4-13,22,36H,14-21H2,1-3H3/t29-/m1/s1. The van der Waals surface area contributed by atoms with Crippen LogP contribution in [-0.2, 0) is 17.9 Å². The quantitative estimate of drug-likeness (QED) is 0.436. The molecule has 4 rings (SSSR count). The van der Waals surface area contributed by atoms with Gasteiger partial charge in [0, 0.05) is 51.4 Å². The van der Waals surface area contributed by atoms with E-state index in [0.717, 1.165) is 23.7 Å². The molecule has 9 heteroatoms. The summed E-state index contributed by atoms with van der Waals surface area (Å²) in [7, 11) is 0. The smallest absolute Gasteiger partial charge is 0.219 e. The third-order valence-corrected chi connectivity index (χ3v) is 6.65. The highest BCUT2D eigenvalue weighted by Gasteiger charge is 2.36. The van der Waals surface area contributed by atoms with Crippen LogP contribution in [0.4, 0.5) is 4.39 Å². The third-order valence-electron chi connectivity index (χ3n) is 6.65. The van der Waals surface area contributed by atoms with Crippen LogP contribution >= 0.6 is 0 Å². The second-order valence-electron chi connectivity index (χ2n) is 10.2. The molecule has 0 radical (unpaired) electrons. The number of ether oxygens (including phenoxy) is 2. The van der Waals surface area contributed by atoms with Crippen LogP contribution in [0.15, 0.2) is 60.9 Å². The summed E-state index contributed by atoms with van der Waals surface area (Å²) in [6, 6.07) is 13.6. The van der Waals surface area contributed by atoms with Crippen LogP contribution in [0.25, 0.3) is 0 Å². The van der Waals surface area contributed by atoms with Crippen molar-refractivity contribution in [3.63, 3.8) is 0 Å². The number of carbonyl (C=O) groups excluding carboxylic acids is 1. The number of amides is 1. The van der Waals surface area contributed by atoms with E-state index in [2.05, 4.69) is 28.3 Å². The monoisotopic (exact) mass is 524 g/mol. The van der Waals surface area contributed by atoms with Crippen molar-refractivity contribution in [2.24, 2.45) is 0 Å². The molecule has 3 aromatic rings. The molecule has 1 fully saturated rings. The van der Waals surface area contributed by atoms with Gasteiger partial charge in [-0.2, -0.15) is 0 Å². The lowest BCUT2D eigenvalue weighted by Crippen LogP contribution is -2.51. The van der Waals surface area contributed by atoms with Crippen molar-refractivity contribution in [3.8, 4) is 11.5 Å². The molecule has 1 amide bonds. The molecule has 1 aromatic heterocycles. The molecule has 1 saturated heterocycles. The molecule has 204 valence electrons. The Bertz CT molecular complexity index is 1180. The fourth-order valence-corrected chi connectivity index (χ4v) is 4.71. The highest BCUT2D eigenvalue weighted by Crippen LogP contribution is 2.21. The first-order valence-electron chi connectivity index (χ1n) is 13.0. The van der Waals surface area contributed by atoms with Crippen molar-refractivity contribution >= 4 is 5.91 Å². The van der Waals surface area contributed by atoms with E-state index >= 15 is 0 Å². The molecule has 1 N–H and O–H groups in total. The minimum Gasteiger partial charge on any atom is -0.492 e. The minimum absolute atomic E-state index is 0.0128. The molecular weight excluding hydrogens is 487 g/mol. The molecule has 38 heavy (non-hydrogen) atoms. The van der Waals surface area contributed by atoms with Gasteiger partial charge in [-0.3, -0.25) is 9.69 Å². The van der Waals surface area contributed by atoms with Crippen LogP contribution in [0, 0.1) is 5.82 Å². The van der Waals surface area contributed by atoms with E-state index in [1.54, 1.807) is 4.90 Å². The molecule has 0 bridgehead atoms. The maximum atomic E-state index is 13.2. The number of imidazole rings is 1. The van der Waals surface area contributed by atoms with Crippen molar-refractivity contribution in [2.75, 3.05) is 39.4 Å². The Morgan fingerprint density at radius 1 is 1.05 bits per heavy atom. The van der Waals surface area contributed by atoms with Crippen LogP contribution in [0.5, 0.6) is 11.5 Å². The van der Waals surface area contributed by atoms with Gasteiger partial charge in [-0.15, -0.1) is 0 Å². The van der Waals surface area contributed by atoms with Crippen molar-refractivity contribution < 1.29 is 23.8 Å². The van der Waals surface area contributed by atoms with Gasteiger partial charge >= 0.3 is 0 Å². The predicted octanol–water partition coefficient (Wildman–Crippen LogP) is 3.70. The Kier molecular flexibility index (Phi) is 9.01. The average molecular weight is 525 g/mol. The Morgan fingerprint density at radius 3 is 2.42 bits per heavy atom. The number of nitrogens with zero attached hydrogens (tertiary/aromatic N) is 4. The SMILES string of the molecule is CC(=O)N1CCN(Cc2ccc(OCCn3ccnc3C(C)C)cc2)C[C@](O)(COc2ccc(F)cc2)C1. The number of hydrogen-bond acceptors (Lipinski definition) is 6. The molecule has 1 atom stereocenters. The molecule has 1 aliphatic rings. The van der Waals surface area contributed by atoms with Gasteiger partial charge < -0.3 is 24.0 Å². The van der Waals surface area contributed by atoms with Crippen LogP contribution in [-0.4, -0.2) is 75.4 Å². The number of rotatable bonds is 10. The lowest BCUT2D eigenvalue weighted by Gasteiger charge is -2.32. The van der Waals surface area contributed by atoms with Gasteiger partial charge in [-0.05, 0) is 42.0 Å². The third kappa shape index (κ3) is 7.55. The zero-order valence-corrected chi connectivity index (χ0v) is 22.3. The van der Waals surface area contributed by atoms with E-state index in [1.165, 1.54) is 31.2 Å². The van der Waals surface area contributed by atoms with E-state index in [1.807, 2.05) is 36.7 Å². The van der Waals surface area contributed by atoms with E-state index in [-0.39, 0.29) is 24.9 Å². The zero-order valence-electron chi connectivity index (χ0n) is 22.3. The van der Waals surface area contributed by atoms with Gasteiger partial charge in [-0.1, -0.05) is 26.0 Å². The number of hydrogen-bond donors (Lipinski definition) is 1. The maximum absolute atomic E-state index is 13.2. The van der Waals surface area contributed by atoms with Gasteiger partial charge in [-0.25, -0.2) is 9.37 Å². The van der Waals surface area contributed by atoms with Gasteiger partial charge in [0.25, 0.3) is 0 Å².